The molecule has 0 heterocycles. The van der Waals surface area contributed by atoms with Crippen LogP contribution in [0.4, 0.5) is 5.69 Å². The van der Waals surface area contributed by atoms with Crippen molar-refractivity contribution in [3.05, 3.63) is 29.3 Å². The first kappa shape index (κ1) is 17.0. The van der Waals surface area contributed by atoms with Crippen LogP contribution in [0, 0.1) is 13.8 Å². The third-order valence-corrected chi connectivity index (χ3v) is 3.79. The molecule has 0 aliphatic carbocycles. The Bertz CT molecular complexity index is 374. The molecule has 0 aromatic heterocycles. The minimum atomic E-state index is 1.16. The zero-order chi connectivity index (χ0) is 14.8. The number of hydrogen-bond acceptors (Lipinski definition) is 2. The molecule has 1 N–H and O–H groups in total. The molecule has 2 nitrogen and oxygen atoms in total. The second kappa shape index (κ2) is 9.82. The Morgan fingerprint density at radius 2 is 1.75 bits per heavy atom. The summed E-state index contributed by atoms with van der Waals surface area (Å²) in [6.45, 7) is 10.1. The summed E-state index contributed by atoms with van der Waals surface area (Å²) in [4.78, 5) is 2.39. The Balaban J connectivity index is 2.15. The van der Waals surface area contributed by atoms with Gasteiger partial charge in [0.15, 0.2) is 0 Å². The van der Waals surface area contributed by atoms with Gasteiger partial charge in [0.1, 0.15) is 0 Å². The highest BCUT2D eigenvalue weighted by Crippen LogP contribution is 2.20. The lowest BCUT2D eigenvalue weighted by atomic mass is 10.1. The largest absolute Gasteiger partial charge is 0.374 e. The normalized spacial score (nSPS) is 10.8. The zero-order valence-electron chi connectivity index (χ0n) is 13.8. The van der Waals surface area contributed by atoms with Crippen LogP contribution in [0.25, 0.3) is 0 Å². The van der Waals surface area contributed by atoms with Crippen LogP contribution in [0.1, 0.15) is 50.2 Å². The van der Waals surface area contributed by atoms with E-state index in [0.29, 0.717) is 0 Å². The van der Waals surface area contributed by atoms with E-state index in [1.807, 2.05) is 0 Å². The second-order valence-electron chi connectivity index (χ2n) is 5.88. The molecule has 0 saturated carbocycles. The lowest BCUT2D eigenvalue weighted by Gasteiger charge is -2.21. The van der Waals surface area contributed by atoms with E-state index in [4.69, 9.17) is 0 Å². The molecule has 0 fully saturated rings. The molecule has 20 heavy (non-hydrogen) atoms. The number of nitrogens with one attached hydrogen (secondary N) is 1. The third-order valence-electron chi connectivity index (χ3n) is 3.79. The summed E-state index contributed by atoms with van der Waals surface area (Å²) in [5.74, 6) is 0. The summed E-state index contributed by atoms with van der Waals surface area (Å²) < 4.78 is 0. The Kier molecular flexibility index (Phi) is 8.36. The van der Waals surface area contributed by atoms with E-state index in [0.717, 1.165) is 13.1 Å². The predicted molar refractivity (Wildman–Crippen MR) is 90.8 cm³/mol. The third kappa shape index (κ3) is 6.42. The number of anilines is 1. The molecular weight excluding hydrogens is 244 g/mol. The van der Waals surface area contributed by atoms with Gasteiger partial charge in [-0.05, 0) is 57.8 Å². The first-order valence-corrected chi connectivity index (χ1v) is 8.14. The molecule has 0 bridgehead atoms. The van der Waals surface area contributed by atoms with E-state index in [-0.39, 0.29) is 0 Å². The van der Waals surface area contributed by atoms with Crippen LogP contribution in [0.15, 0.2) is 18.2 Å². The quantitative estimate of drug-likeness (QED) is 0.641. The van der Waals surface area contributed by atoms with E-state index < -0.39 is 0 Å². The molecule has 1 aromatic carbocycles. The summed E-state index contributed by atoms with van der Waals surface area (Å²) in [6, 6.07) is 6.73. The average Bonchev–Trinajstić information content (AvgIpc) is 2.41. The molecular formula is C18H32N2. The summed E-state index contributed by atoms with van der Waals surface area (Å²) in [6.07, 6.45) is 6.52. The van der Waals surface area contributed by atoms with E-state index >= 15 is 0 Å². The first-order valence-electron chi connectivity index (χ1n) is 8.14. The molecule has 0 spiro atoms. The number of aryl methyl sites for hydroxylation is 2. The van der Waals surface area contributed by atoms with Crippen molar-refractivity contribution in [1.82, 2.24) is 5.32 Å². The molecule has 0 saturated heterocycles. The van der Waals surface area contributed by atoms with E-state index in [1.165, 1.54) is 55.5 Å². The van der Waals surface area contributed by atoms with Crippen molar-refractivity contribution >= 4 is 5.69 Å². The number of benzene rings is 1. The van der Waals surface area contributed by atoms with Crippen molar-refractivity contribution in [3.63, 3.8) is 0 Å². The monoisotopic (exact) mass is 276 g/mol. The van der Waals surface area contributed by atoms with Crippen LogP contribution in [-0.2, 0) is 0 Å². The Hall–Kier alpha value is -1.02. The minimum absolute atomic E-state index is 1.16. The maximum Gasteiger partial charge on any atom is 0.0393 e. The van der Waals surface area contributed by atoms with Gasteiger partial charge >= 0.3 is 0 Å². The van der Waals surface area contributed by atoms with Crippen LogP contribution in [-0.4, -0.2) is 26.7 Å². The van der Waals surface area contributed by atoms with Crippen molar-refractivity contribution in [2.24, 2.45) is 0 Å². The van der Waals surface area contributed by atoms with Gasteiger partial charge in [-0.15, -0.1) is 0 Å². The van der Waals surface area contributed by atoms with Crippen molar-refractivity contribution in [2.45, 2.75) is 52.9 Å². The molecule has 2 heteroatoms. The van der Waals surface area contributed by atoms with Gasteiger partial charge in [-0.25, -0.2) is 0 Å². The second-order valence-corrected chi connectivity index (χ2v) is 5.88. The summed E-state index contributed by atoms with van der Waals surface area (Å²) >= 11 is 0. The number of rotatable bonds is 10. The van der Waals surface area contributed by atoms with E-state index in [9.17, 15) is 0 Å². The fourth-order valence-electron chi connectivity index (χ4n) is 2.61. The zero-order valence-corrected chi connectivity index (χ0v) is 13.8. The van der Waals surface area contributed by atoms with Gasteiger partial charge in [0.2, 0.25) is 0 Å². The van der Waals surface area contributed by atoms with E-state index in [2.05, 4.69) is 56.2 Å². The standard InChI is InChI=1S/C18H32N2/c1-5-12-19-13-8-6-7-9-14-20(4)18-11-10-16(2)15-17(18)3/h10-11,15,19H,5-9,12-14H2,1-4H3. The Morgan fingerprint density at radius 3 is 2.45 bits per heavy atom. The lowest BCUT2D eigenvalue weighted by Crippen LogP contribution is -2.19. The van der Waals surface area contributed by atoms with Crippen molar-refractivity contribution < 1.29 is 0 Å². The van der Waals surface area contributed by atoms with Crippen molar-refractivity contribution in [1.29, 1.82) is 0 Å². The van der Waals surface area contributed by atoms with Crippen molar-refractivity contribution in [2.75, 3.05) is 31.6 Å². The maximum atomic E-state index is 3.46. The summed E-state index contributed by atoms with van der Waals surface area (Å²) in [5.41, 5.74) is 4.11. The molecule has 1 rings (SSSR count). The summed E-state index contributed by atoms with van der Waals surface area (Å²) in [7, 11) is 2.21. The van der Waals surface area contributed by atoms with Crippen LogP contribution >= 0.6 is 0 Å². The molecule has 0 unspecified atom stereocenters. The average molecular weight is 276 g/mol. The Labute approximate surface area is 125 Å². The van der Waals surface area contributed by atoms with Gasteiger partial charge in [0.25, 0.3) is 0 Å². The highest BCUT2D eigenvalue weighted by molar-refractivity contribution is 5.53. The highest BCUT2D eigenvalue weighted by atomic mass is 15.1. The van der Waals surface area contributed by atoms with Gasteiger partial charge in [0.05, 0.1) is 0 Å². The minimum Gasteiger partial charge on any atom is -0.374 e. The molecule has 0 atom stereocenters. The molecule has 114 valence electrons. The SMILES string of the molecule is CCCNCCCCCCN(C)c1ccc(C)cc1C. The summed E-state index contributed by atoms with van der Waals surface area (Å²) in [5, 5.41) is 3.46. The van der Waals surface area contributed by atoms with Gasteiger partial charge < -0.3 is 10.2 Å². The molecule has 1 aromatic rings. The van der Waals surface area contributed by atoms with Gasteiger partial charge in [-0.3, -0.25) is 0 Å². The van der Waals surface area contributed by atoms with Gasteiger partial charge in [-0.2, -0.15) is 0 Å². The van der Waals surface area contributed by atoms with Gasteiger partial charge in [0, 0.05) is 19.3 Å². The topological polar surface area (TPSA) is 15.3 Å². The van der Waals surface area contributed by atoms with Crippen LogP contribution in [0.5, 0.6) is 0 Å². The van der Waals surface area contributed by atoms with Gasteiger partial charge in [-0.1, -0.05) is 37.5 Å². The van der Waals surface area contributed by atoms with E-state index in [1.54, 1.807) is 0 Å². The number of unbranched alkanes of at least 4 members (excludes halogenated alkanes) is 3. The smallest absolute Gasteiger partial charge is 0.0393 e. The van der Waals surface area contributed by atoms with Crippen LogP contribution < -0.4 is 10.2 Å². The molecule has 0 aliphatic heterocycles. The first-order chi connectivity index (χ1) is 9.65. The molecule has 0 amide bonds. The fourth-order valence-corrected chi connectivity index (χ4v) is 2.61. The van der Waals surface area contributed by atoms with Crippen molar-refractivity contribution in [3.8, 4) is 0 Å². The number of hydrogen-bond donors (Lipinski definition) is 1. The maximum absolute atomic E-state index is 3.46. The van der Waals surface area contributed by atoms with Crippen LogP contribution in [0.3, 0.4) is 0 Å². The molecule has 0 radical (unpaired) electrons. The van der Waals surface area contributed by atoms with Crippen LogP contribution in [0.2, 0.25) is 0 Å². The predicted octanol–water partition coefficient (Wildman–Crippen LogP) is 4.30. The Morgan fingerprint density at radius 1 is 1.00 bits per heavy atom. The fraction of sp³-hybridized carbons (Fsp3) is 0.667. The molecule has 0 aliphatic rings. The highest BCUT2D eigenvalue weighted by Gasteiger charge is 2.04. The lowest BCUT2D eigenvalue weighted by molar-refractivity contribution is 0.584. The number of nitrogens with zero attached hydrogens (tertiary/aromatic N) is 1.